The van der Waals surface area contributed by atoms with E-state index in [1.807, 2.05) is 6.07 Å². The number of hydrogen-bond donors (Lipinski definition) is 2. The van der Waals surface area contributed by atoms with Crippen molar-refractivity contribution in [3.63, 3.8) is 0 Å². The molecule has 4 heteroatoms. The molecule has 0 atom stereocenters. The highest BCUT2D eigenvalue weighted by molar-refractivity contribution is 6.57. The molecule has 4 rings (SSSR count). The van der Waals surface area contributed by atoms with Gasteiger partial charge in [0.05, 0.1) is 0 Å². The van der Waals surface area contributed by atoms with Crippen molar-refractivity contribution < 1.29 is 19.8 Å². The molecule has 0 saturated heterocycles. The summed E-state index contributed by atoms with van der Waals surface area (Å²) in [5.41, 5.74) is 0. The molecule has 0 saturated carbocycles. The lowest BCUT2D eigenvalue weighted by Crippen LogP contribution is -2.33. The molecule has 0 heterocycles. The summed E-state index contributed by atoms with van der Waals surface area (Å²) >= 11 is 0. The number of carbonyl (C=O) groups is 2. The van der Waals surface area contributed by atoms with Gasteiger partial charge in [-0.25, -0.2) is 0 Å². The van der Waals surface area contributed by atoms with E-state index in [4.69, 9.17) is 0 Å². The van der Waals surface area contributed by atoms with Gasteiger partial charge in [-0.15, -0.1) is 0 Å². The third-order valence-corrected chi connectivity index (χ3v) is 3.93. The van der Waals surface area contributed by atoms with Crippen molar-refractivity contribution in [2.24, 2.45) is 0 Å². The molecule has 106 valence electrons. The van der Waals surface area contributed by atoms with Crippen molar-refractivity contribution in [2.45, 2.75) is 0 Å². The topological polar surface area (TPSA) is 74.6 Å². The van der Waals surface area contributed by atoms with E-state index < -0.39 is 11.6 Å². The monoisotopic (exact) mass is 290 g/mol. The average Bonchev–Trinajstić information content (AvgIpc) is 2.48. The Kier molecular flexibility index (Phi) is 2.39. The van der Waals surface area contributed by atoms with Crippen LogP contribution in [0.25, 0.3) is 33.7 Å². The van der Waals surface area contributed by atoms with Crippen LogP contribution >= 0.6 is 0 Å². The summed E-state index contributed by atoms with van der Waals surface area (Å²) in [6.07, 6.45) is 2.41. The number of carbonyl (C=O) groups excluding carboxylic acids is 2. The van der Waals surface area contributed by atoms with Gasteiger partial charge in [0, 0.05) is 16.7 Å². The predicted octanol–water partition coefficient (Wildman–Crippen LogP) is 1.12. The van der Waals surface area contributed by atoms with Crippen LogP contribution in [0.2, 0.25) is 0 Å². The highest BCUT2D eigenvalue weighted by Crippen LogP contribution is 2.28. The fourth-order valence-electron chi connectivity index (χ4n) is 2.84. The standard InChI is InChI=1S/C18H10O4/c19-13-2-1-9-3-11-4-12-7-16(20)17(21)8-15(12)18(22)14(11)6-10(9)5-13/h1-8,19,22H. The van der Waals surface area contributed by atoms with Gasteiger partial charge in [-0.2, -0.15) is 0 Å². The molecule has 3 aromatic carbocycles. The Labute approximate surface area is 124 Å². The second-order valence-corrected chi connectivity index (χ2v) is 5.35. The molecular weight excluding hydrogens is 280 g/mol. The van der Waals surface area contributed by atoms with Gasteiger partial charge in [-0.3, -0.25) is 9.59 Å². The molecule has 0 radical (unpaired) electrons. The summed E-state index contributed by atoms with van der Waals surface area (Å²) in [4.78, 5) is 23.0. The zero-order chi connectivity index (χ0) is 15.4. The number of phenolic OH excluding ortho intramolecular Hbond substituents is 2. The molecule has 0 amide bonds. The minimum Gasteiger partial charge on any atom is -0.508 e. The van der Waals surface area contributed by atoms with Crippen LogP contribution in [0, 0.1) is 0 Å². The van der Waals surface area contributed by atoms with Crippen LogP contribution in [-0.2, 0) is 9.59 Å². The first-order valence-corrected chi connectivity index (χ1v) is 6.73. The summed E-state index contributed by atoms with van der Waals surface area (Å²) in [6.45, 7) is 0. The van der Waals surface area contributed by atoms with Crippen molar-refractivity contribution in [3.8, 4) is 11.5 Å². The normalized spacial score (nSPS) is 13.8. The van der Waals surface area contributed by atoms with Crippen LogP contribution in [0.4, 0.5) is 0 Å². The van der Waals surface area contributed by atoms with Crippen molar-refractivity contribution in [1.82, 2.24) is 0 Å². The zero-order valence-corrected chi connectivity index (χ0v) is 11.3. The van der Waals surface area contributed by atoms with E-state index in [1.165, 1.54) is 12.2 Å². The number of hydrogen-bond acceptors (Lipinski definition) is 4. The number of benzene rings is 3. The van der Waals surface area contributed by atoms with E-state index in [0.29, 0.717) is 15.8 Å². The minimum atomic E-state index is -0.638. The lowest BCUT2D eigenvalue weighted by atomic mass is 9.97. The summed E-state index contributed by atoms with van der Waals surface area (Å²) in [5, 5.41) is 23.9. The molecule has 1 aliphatic rings. The van der Waals surface area contributed by atoms with Gasteiger partial charge in [0.1, 0.15) is 11.5 Å². The lowest BCUT2D eigenvalue weighted by Gasteiger charge is -2.08. The summed E-state index contributed by atoms with van der Waals surface area (Å²) < 4.78 is 0. The number of fused-ring (bicyclic) bond motifs is 3. The summed E-state index contributed by atoms with van der Waals surface area (Å²) in [5.74, 6) is -1.11. The van der Waals surface area contributed by atoms with Crippen LogP contribution in [0.3, 0.4) is 0 Å². The number of aromatic hydroxyl groups is 2. The van der Waals surface area contributed by atoms with Crippen LogP contribution in [0.15, 0.2) is 36.4 Å². The van der Waals surface area contributed by atoms with Gasteiger partial charge in [-0.1, -0.05) is 6.07 Å². The largest absolute Gasteiger partial charge is 0.508 e. The van der Waals surface area contributed by atoms with Gasteiger partial charge in [0.25, 0.3) is 0 Å². The number of Topliss-reactive ketones (excluding diaryl/α,β-unsaturated/α-hetero) is 2. The summed E-state index contributed by atoms with van der Waals surface area (Å²) in [6, 6.07) is 10.4. The fourth-order valence-corrected chi connectivity index (χ4v) is 2.84. The molecule has 1 aliphatic carbocycles. The van der Waals surface area contributed by atoms with Gasteiger partial charge in [0.2, 0.25) is 11.6 Å². The van der Waals surface area contributed by atoms with E-state index in [9.17, 15) is 19.8 Å². The molecule has 0 unspecified atom stereocenters. The van der Waals surface area contributed by atoms with Gasteiger partial charge in [0.15, 0.2) is 0 Å². The molecule has 0 bridgehead atoms. The predicted molar refractivity (Wildman–Crippen MR) is 83.0 cm³/mol. The van der Waals surface area contributed by atoms with E-state index >= 15 is 0 Å². The molecule has 2 N–H and O–H groups in total. The maximum absolute atomic E-state index is 11.5. The smallest absolute Gasteiger partial charge is 0.226 e. The third-order valence-electron chi connectivity index (χ3n) is 3.93. The number of ketones is 2. The Morgan fingerprint density at radius 3 is 2.32 bits per heavy atom. The van der Waals surface area contributed by atoms with Crippen LogP contribution in [0.5, 0.6) is 11.5 Å². The molecule has 0 aliphatic heterocycles. The highest BCUT2D eigenvalue weighted by Gasteiger charge is 2.15. The number of rotatable bonds is 0. The molecular formula is C18H10O4. The number of phenols is 2. The second kappa shape index (κ2) is 4.18. The SMILES string of the molecule is O=C1C=c2cc3cc4ccc(O)cc4cc3c(O)c2=CC1=O. The van der Waals surface area contributed by atoms with E-state index in [0.717, 1.165) is 16.2 Å². The Morgan fingerprint density at radius 2 is 1.50 bits per heavy atom. The minimum absolute atomic E-state index is 0.0326. The second-order valence-electron chi connectivity index (χ2n) is 5.35. The first kappa shape index (κ1) is 12.6. The van der Waals surface area contributed by atoms with Crippen LogP contribution in [0.1, 0.15) is 0 Å². The molecule has 22 heavy (non-hydrogen) atoms. The third kappa shape index (κ3) is 1.71. The van der Waals surface area contributed by atoms with Crippen LogP contribution in [-0.4, -0.2) is 21.8 Å². The van der Waals surface area contributed by atoms with Gasteiger partial charge < -0.3 is 10.2 Å². The average molecular weight is 290 g/mol. The van der Waals surface area contributed by atoms with Crippen LogP contribution < -0.4 is 10.4 Å². The fraction of sp³-hybridized carbons (Fsp3) is 0. The zero-order valence-electron chi connectivity index (χ0n) is 11.3. The van der Waals surface area contributed by atoms with Crippen molar-refractivity contribution in [2.75, 3.05) is 0 Å². The van der Waals surface area contributed by atoms with Gasteiger partial charge >= 0.3 is 0 Å². The Hall–Kier alpha value is -3.14. The van der Waals surface area contributed by atoms with E-state index in [2.05, 4.69) is 0 Å². The van der Waals surface area contributed by atoms with E-state index in [-0.39, 0.29) is 11.5 Å². The first-order chi connectivity index (χ1) is 10.5. The molecule has 4 nitrogen and oxygen atoms in total. The van der Waals surface area contributed by atoms with Gasteiger partial charge in [-0.05, 0) is 57.8 Å². The molecule has 0 fully saturated rings. The van der Waals surface area contributed by atoms with Crippen molar-refractivity contribution >= 4 is 45.3 Å². The summed E-state index contributed by atoms with van der Waals surface area (Å²) in [7, 11) is 0. The highest BCUT2D eigenvalue weighted by atomic mass is 16.3. The van der Waals surface area contributed by atoms with E-state index in [1.54, 1.807) is 30.3 Å². The maximum Gasteiger partial charge on any atom is 0.226 e. The Morgan fingerprint density at radius 1 is 0.727 bits per heavy atom. The van der Waals surface area contributed by atoms with Crippen molar-refractivity contribution in [3.05, 3.63) is 46.8 Å². The quantitative estimate of drug-likeness (QED) is 0.480. The molecule has 0 spiro atoms. The Bertz CT molecular complexity index is 1120. The molecule has 0 aromatic heterocycles. The Balaban J connectivity index is 2.21. The van der Waals surface area contributed by atoms with Crippen molar-refractivity contribution in [1.29, 1.82) is 0 Å². The lowest BCUT2D eigenvalue weighted by molar-refractivity contribution is -0.129. The first-order valence-electron chi connectivity index (χ1n) is 6.73. The molecule has 3 aromatic rings. The maximum atomic E-state index is 11.5.